The van der Waals surface area contributed by atoms with Crippen molar-refractivity contribution >= 4 is 19.4 Å². The lowest BCUT2D eigenvalue weighted by molar-refractivity contribution is 0.129. The molecule has 0 unspecified atom stereocenters. The van der Waals surface area contributed by atoms with E-state index in [9.17, 15) is 9.90 Å². The number of rotatable bonds is 8. The standard InChI is InChI=1S/C21H29NO5Si/c1-25-18-12-20(28(3,4)5)19(26-2)11-16(18)17(13-23)22-21(24)27-14-15-9-7-6-8-10-15/h6-12,17,23H,13-14H2,1-5H3,(H,22,24)/t17-/m0/s1. The Labute approximate surface area is 167 Å². The maximum absolute atomic E-state index is 12.2. The zero-order chi connectivity index (χ0) is 20.7. The Morgan fingerprint density at radius 1 is 1.07 bits per heavy atom. The van der Waals surface area contributed by atoms with Gasteiger partial charge in [-0.2, -0.15) is 0 Å². The second kappa shape index (κ2) is 9.61. The van der Waals surface area contributed by atoms with E-state index < -0.39 is 20.2 Å². The van der Waals surface area contributed by atoms with E-state index in [-0.39, 0.29) is 13.2 Å². The third kappa shape index (κ3) is 5.50. The fraction of sp³-hybridized carbons (Fsp3) is 0.381. The van der Waals surface area contributed by atoms with E-state index in [0.717, 1.165) is 16.5 Å². The van der Waals surface area contributed by atoms with Crippen LogP contribution in [0.25, 0.3) is 0 Å². The van der Waals surface area contributed by atoms with Gasteiger partial charge in [0.1, 0.15) is 18.1 Å². The second-order valence-corrected chi connectivity index (χ2v) is 12.5. The molecule has 0 aliphatic carbocycles. The van der Waals surface area contributed by atoms with Gasteiger partial charge in [-0.25, -0.2) is 4.79 Å². The minimum atomic E-state index is -1.68. The minimum Gasteiger partial charge on any atom is -0.497 e. The average Bonchev–Trinajstić information content (AvgIpc) is 2.69. The van der Waals surface area contributed by atoms with Crippen LogP contribution in [-0.2, 0) is 11.3 Å². The summed E-state index contributed by atoms with van der Waals surface area (Å²) in [4.78, 5) is 12.2. The highest BCUT2D eigenvalue weighted by Crippen LogP contribution is 2.30. The first-order chi connectivity index (χ1) is 13.3. The topological polar surface area (TPSA) is 77.0 Å². The van der Waals surface area contributed by atoms with Crippen LogP contribution < -0.4 is 20.0 Å². The summed E-state index contributed by atoms with van der Waals surface area (Å²) in [5.41, 5.74) is 1.53. The first kappa shape index (κ1) is 21.8. The molecule has 0 fully saturated rings. The summed E-state index contributed by atoms with van der Waals surface area (Å²) in [5.74, 6) is 1.33. The van der Waals surface area contributed by atoms with Gasteiger partial charge in [-0.15, -0.1) is 0 Å². The number of benzene rings is 2. The molecule has 0 saturated heterocycles. The van der Waals surface area contributed by atoms with Crippen molar-refractivity contribution < 1.29 is 24.1 Å². The van der Waals surface area contributed by atoms with Crippen LogP contribution in [0.3, 0.4) is 0 Å². The first-order valence-corrected chi connectivity index (χ1v) is 12.6. The quantitative estimate of drug-likeness (QED) is 0.662. The highest BCUT2D eigenvalue weighted by molar-refractivity contribution is 6.89. The Balaban J connectivity index is 2.21. The van der Waals surface area contributed by atoms with E-state index in [1.807, 2.05) is 42.5 Å². The van der Waals surface area contributed by atoms with Crippen molar-refractivity contribution in [3.05, 3.63) is 53.6 Å². The van der Waals surface area contributed by atoms with Crippen molar-refractivity contribution in [1.82, 2.24) is 5.32 Å². The van der Waals surface area contributed by atoms with Gasteiger partial charge in [0.25, 0.3) is 0 Å². The third-order valence-electron chi connectivity index (χ3n) is 4.42. The number of aliphatic hydroxyl groups is 1. The average molecular weight is 404 g/mol. The van der Waals surface area contributed by atoms with E-state index in [4.69, 9.17) is 14.2 Å². The molecule has 2 aromatic rings. The Morgan fingerprint density at radius 3 is 2.25 bits per heavy atom. The molecular formula is C21H29NO5Si. The Morgan fingerprint density at radius 2 is 1.71 bits per heavy atom. The molecule has 28 heavy (non-hydrogen) atoms. The number of alkyl carbamates (subject to hydrolysis) is 1. The predicted octanol–water partition coefficient (Wildman–Crippen LogP) is 3.21. The van der Waals surface area contributed by atoms with Gasteiger partial charge >= 0.3 is 6.09 Å². The largest absolute Gasteiger partial charge is 0.497 e. The highest BCUT2D eigenvalue weighted by atomic mass is 28.3. The fourth-order valence-corrected chi connectivity index (χ4v) is 4.39. The number of carbonyl (C=O) groups is 1. The number of methoxy groups -OCH3 is 2. The summed E-state index contributed by atoms with van der Waals surface area (Å²) in [5, 5.41) is 13.7. The van der Waals surface area contributed by atoms with E-state index in [1.54, 1.807) is 14.2 Å². The predicted molar refractivity (Wildman–Crippen MR) is 112 cm³/mol. The minimum absolute atomic E-state index is 0.153. The summed E-state index contributed by atoms with van der Waals surface area (Å²) in [6.45, 7) is 6.50. The molecule has 0 bridgehead atoms. The SMILES string of the molecule is COc1cc([Si](C)(C)C)c(OC)cc1[C@H](CO)NC(=O)OCc1ccccc1. The molecule has 0 aliphatic heterocycles. The number of ether oxygens (including phenoxy) is 3. The third-order valence-corrected chi connectivity index (χ3v) is 6.43. The van der Waals surface area contributed by atoms with Crippen molar-refractivity contribution in [2.24, 2.45) is 0 Å². The summed E-state index contributed by atoms with van der Waals surface area (Å²) in [7, 11) is 1.51. The normalized spacial score (nSPS) is 12.2. The van der Waals surface area contributed by atoms with Crippen LogP contribution >= 0.6 is 0 Å². The van der Waals surface area contributed by atoms with Gasteiger partial charge in [0, 0.05) is 5.56 Å². The van der Waals surface area contributed by atoms with Gasteiger partial charge in [0.05, 0.1) is 34.9 Å². The first-order valence-electron chi connectivity index (χ1n) is 9.14. The van der Waals surface area contributed by atoms with E-state index >= 15 is 0 Å². The van der Waals surface area contributed by atoms with E-state index in [1.165, 1.54) is 0 Å². The number of nitrogens with one attached hydrogen (secondary N) is 1. The molecule has 0 heterocycles. The van der Waals surface area contributed by atoms with Crippen molar-refractivity contribution in [1.29, 1.82) is 0 Å². The smallest absolute Gasteiger partial charge is 0.408 e. The van der Waals surface area contributed by atoms with Crippen LogP contribution in [0, 0.1) is 0 Å². The molecule has 1 atom stereocenters. The van der Waals surface area contributed by atoms with Crippen molar-refractivity contribution in [2.75, 3.05) is 20.8 Å². The molecule has 1 amide bonds. The second-order valence-electron chi connectivity index (χ2n) is 7.49. The lowest BCUT2D eigenvalue weighted by Crippen LogP contribution is -2.39. The molecule has 0 radical (unpaired) electrons. The zero-order valence-corrected chi connectivity index (χ0v) is 18.1. The molecule has 0 aliphatic rings. The summed E-state index contributed by atoms with van der Waals surface area (Å²) in [6.07, 6.45) is -0.613. The summed E-state index contributed by atoms with van der Waals surface area (Å²) >= 11 is 0. The van der Waals surface area contributed by atoms with E-state index in [0.29, 0.717) is 11.3 Å². The van der Waals surface area contributed by atoms with Gasteiger partial charge in [0.2, 0.25) is 0 Å². The molecular weight excluding hydrogens is 374 g/mol. The molecule has 6 nitrogen and oxygen atoms in total. The number of hydrogen-bond acceptors (Lipinski definition) is 5. The van der Waals surface area contributed by atoms with Crippen molar-refractivity contribution in [3.8, 4) is 11.5 Å². The molecule has 152 valence electrons. The fourth-order valence-electron chi connectivity index (χ4n) is 2.91. The number of amides is 1. The Bertz CT molecular complexity index is 789. The summed E-state index contributed by atoms with van der Waals surface area (Å²) < 4.78 is 16.4. The van der Waals surface area contributed by atoms with Crippen molar-refractivity contribution in [3.63, 3.8) is 0 Å². The lowest BCUT2D eigenvalue weighted by atomic mass is 10.1. The Kier molecular flexibility index (Phi) is 7.48. The lowest BCUT2D eigenvalue weighted by Gasteiger charge is -2.25. The van der Waals surface area contributed by atoms with Crippen LogP contribution in [0.4, 0.5) is 4.79 Å². The molecule has 7 heteroatoms. The van der Waals surface area contributed by atoms with Crippen LogP contribution in [0.1, 0.15) is 17.2 Å². The van der Waals surface area contributed by atoms with Crippen LogP contribution in [0.2, 0.25) is 19.6 Å². The maximum Gasteiger partial charge on any atom is 0.408 e. The van der Waals surface area contributed by atoms with Crippen LogP contribution in [0.5, 0.6) is 11.5 Å². The van der Waals surface area contributed by atoms with Gasteiger partial charge in [0.15, 0.2) is 0 Å². The van der Waals surface area contributed by atoms with Gasteiger partial charge in [-0.3, -0.25) is 0 Å². The van der Waals surface area contributed by atoms with Gasteiger partial charge in [-0.05, 0) is 22.9 Å². The Hall–Kier alpha value is -2.51. The number of hydrogen-bond donors (Lipinski definition) is 2. The van der Waals surface area contributed by atoms with Crippen LogP contribution in [0.15, 0.2) is 42.5 Å². The van der Waals surface area contributed by atoms with Gasteiger partial charge < -0.3 is 24.6 Å². The number of aliphatic hydroxyl groups excluding tert-OH is 1. The zero-order valence-electron chi connectivity index (χ0n) is 17.1. The molecule has 2 N–H and O–H groups in total. The molecule has 2 aromatic carbocycles. The number of carbonyl (C=O) groups excluding carboxylic acids is 1. The molecule has 0 saturated carbocycles. The summed E-state index contributed by atoms with van der Waals surface area (Å²) in [6, 6.07) is 12.5. The maximum atomic E-state index is 12.2. The molecule has 2 rings (SSSR count). The molecule has 0 aromatic heterocycles. The van der Waals surface area contributed by atoms with Crippen molar-refractivity contribution in [2.45, 2.75) is 32.3 Å². The molecule has 0 spiro atoms. The van der Waals surface area contributed by atoms with E-state index in [2.05, 4.69) is 25.0 Å². The monoisotopic (exact) mass is 403 g/mol. The van der Waals surface area contributed by atoms with Gasteiger partial charge in [-0.1, -0.05) is 50.0 Å². The van der Waals surface area contributed by atoms with Crippen LogP contribution in [-0.4, -0.2) is 40.1 Å². The highest BCUT2D eigenvalue weighted by Gasteiger charge is 2.26.